The Balaban J connectivity index is 1.93. The van der Waals surface area contributed by atoms with Crippen LogP contribution in [0.15, 0.2) is 36.4 Å². The molecule has 0 unspecified atom stereocenters. The van der Waals surface area contributed by atoms with Crippen LogP contribution in [0.5, 0.6) is 23.0 Å². The average molecular weight is 414 g/mol. The van der Waals surface area contributed by atoms with Gasteiger partial charge in [-0.3, -0.25) is 4.79 Å². The highest BCUT2D eigenvalue weighted by Crippen LogP contribution is 2.39. The fourth-order valence-electron chi connectivity index (χ4n) is 3.88. The van der Waals surface area contributed by atoms with Crippen LogP contribution < -0.4 is 18.9 Å². The molecule has 2 aromatic carbocycles. The van der Waals surface area contributed by atoms with Gasteiger partial charge in [0.15, 0.2) is 23.0 Å². The fourth-order valence-corrected chi connectivity index (χ4v) is 3.88. The van der Waals surface area contributed by atoms with E-state index in [2.05, 4.69) is 6.92 Å². The standard InChI is InChI=1S/C24H31NO5/c1-5-6-11-24(26)25-13-12-17-14-22(28-3)23(29-4)15-18(17)19(25)16-30-21-10-8-7-9-20(21)27-2/h7-10,14-15,19H,5-6,11-13,16H2,1-4H3/t19-/m1/s1. The first-order chi connectivity index (χ1) is 14.6. The van der Waals surface area contributed by atoms with E-state index < -0.39 is 0 Å². The van der Waals surface area contributed by atoms with Gasteiger partial charge in [-0.15, -0.1) is 0 Å². The summed E-state index contributed by atoms with van der Waals surface area (Å²) in [5.41, 5.74) is 2.19. The van der Waals surface area contributed by atoms with Crippen LogP contribution in [-0.4, -0.2) is 45.3 Å². The fraction of sp³-hybridized carbons (Fsp3) is 0.458. The van der Waals surface area contributed by atoms with E-state index in [1.807, 2.05) is 41.3 Å². The molecule has 0 aliphatic carbocycles. The number of amides is 1. The van der Waals surface area contributed by atoms with Gasteiger partial charge in [0.1, 0.15) is 6.61 Å². The van der Waals surface area contributed by atoms with Gasteiger partial charge in [0, 0.05) is 13.0 Å². The first-order valence-electron chi connectivity index (χ1n) is 10.4. The van der Waals surface area contributed by atoms with Crippen LogP contribution in [0.3, 0.4) is 0 Å². The van der Waals surface area contributed by atoms with Gasteiger partial charge < -0.3 is 23.8 Å². The number of hydrogen-bond donors (Lipinski definition) is 0. The third-order valence-electron chi connectivity index (χ3n) is 5.53. The van der Waals surface area contributed by atoms with Gasteiger partial charge in [0.25, 0.3) is 0 Å². The zero-order valence-corrected chi connectivity index (χ0v) is 18.3. The molecule has 162 valence electrons. The molecule has 0 bridgehead atoms. The molecule has 1 aliphatic rings. The lowest BCUT2D eigenvalue weighted by molar-refractivity contribution is -0.135. The minimum Gasteiger partial charge on any atom is -0.493 e. The number of carbonyl (C=O) groups excluding carboxylic acids is 1. The Morgan fingerprint density at radius 2 is 1.67 bits per heavy atom. The summed E-state index contributed by atoms with van der Waals surface area (Å²) in [5.74, 6) is 2.84. The zero-order chi connectivity index (χ0) is 21.5. The number of hydrogen-bond acceptors (Lipinski definition) is 5. The summed E-state index contributed by atoms with van der Waals surface area (Å²) in [6, 6.07) is 11.3. The second-order valence-electron chi connectivity index (χ2n) is 7.32. The van der Waals surface area contributed by atoms with Crippen LogP contribution in [0.25, 0.3) is 0 Å². The molecule has 1 atom stereocenters. The molecule has 1 amide bonds. The molecule has 0 fully saturated rings. The molecule has 0 saturated heterocycles. The van der Waals surface area contributed by atoms with Crippen LogP contribution in [0, 0.1) is 0 Å². The lowest BCUT2D eigenvalue weighted by Gasteiger charge is -2.37. The van der Waals surface area contributed by atoms with Crippen LogP contribution in [0.1, 0.15) is 43.4 Å². The topological polar surface area (TPSA) is 57.2 Å². The number of para-hydroxylation sites is 2. The maximum atomic E-state index is 13.0. The van der Waals surface area contributed by atoms with Crippen molar-refractivity contribution in [3.63, 3.8) is 0 Å². The highest BCUT2D eigenvalue weighted by atomic mass is 16.5. The van der Waals surface area contributed by atoms with Crippen molar-refractivity contribution < 1.29 is 23.7 Å². The average Bonchev–Trinajstić information content (AvgIpc) is 2.79. The Kier molecular flexibility index (Phi) is 7.44. The first kappa shape index (κ1) is 21.8. The van der Waals surface area contributed by atoms with Crippen molar-refractivity contribution in [3.8, 4) is 23.0 Å². The molecular weight excluding hydrogens is 382 g/mol. The number of methoxy groups -OCH3 is 3. The molecule has 30 heavy (non-hydrogen) atoms. The molecule has 6 nitrogen and oxygen atoms in total. The minimum atomic E-state index is -0.206. The van der Waals surface area contributed by atoms with Crippen molar-refractivity contribution in [1.29, 1.82) is 0 Å². The van der Waals surface area contributed by atoms with Gasteiger partial charge >= 0.3 is 0 Å². The quantitative estimate of drug-likeness (QED) is 0.610. The second-order valence-corrected chi connectivity index (χ2v) is 7.32. The molecule has 0 aromatic heterocycles. The molecule has 0 radical (unpaired) electrons. The van der Waals surface area contributed by atoms with Crippen LogP contribution >= 0.6 is 0 Å². The van der Waals surface area contributed by atoms with E-state index in [1.54, 1.807) is 21.3 Å². The minimum absolute atomic E-state index is 0.158. The van der Waals surface area contributed by atoms with E-state index in [0.717, 1.165) is 30.4 Å². The number of rotatable bonds is 9. The van der Waals surface area contributed by atoms with E-state index >= 15 is 0 Å². The van der Waals surface area contributed by atoms with Crippen molar-refractivity contribution in [3.05, 3.63) is 47.5 Å². The predicted molar refractivity (Wildman–Crippen MR) is 116 cm³/mol. The van der Waals surface area contributed by atoms with E-state index in [1.165, 1.54) is 0 Å². The van der Waals surface area contributed by atoms with Gasteiger partial charge in [-0.2, -0.15) is 0 Å². The number of benzene rings is 2. The Morgan fingerprint density at radius 3 is 2.33 bits per heavy atom. The summed E-state index contributed by atoms with van der Waals surface area (Å²) in [4.78, 5) is 14.9. The largest absolute Gasteiger partial charge is 0.493 e. The van der Waals surface area contributed by atoms with E-state index in [4.69, 9.17) is 18.9 Å². The molecular formula is C24H31NO5. The van der Waals surface area contributed by atoms with Gasteiger partial charge in [-0.05, 0) is 48.2 Å². The molecule has 1 heterocycles. The Hall–Kier alpha value is -2.89. The second kappa shape index (κ2) is 10.2. The molecule has 0 spiro atoms. The summed E-state index contributed by atoms with van der Waals surface area (Å²) >= 11 is 0. The van der Waals surface area contributed by atoms with Crippen LogP contribution in [0.2, 0.25) is 0 Å². The van der Waals surface area contributed by atoms with Gasteiger partial charge in [0.05, 0.1) is 27.4 Å². The zero-order valence-electron chi connectivity index (χ0n) is 18.3. The summed E-state index contributed by atoms with van der Waals surface area (Å²) < 4.78 is 22.5. The normalized spacial score (nSPS) is 15.3. The van der Waals surface area contributed by atoms with Gasteiger partial charge in [-0.25, -0.2) is 0 Å². The van der Waals surface area contributed by atoms with Gasteiger partial charge in [0.2, 0.25) is 5.91 Å². The van der Waals surface area contributed by atoms with Crippen molar-refractivity contribution in [2.24, 2.45) is 0 Å². The number of carbonyl (C=O) groups is 1. The molecule has 3 rings (SSSR count). The Labute approximate surface area is 178 Å². The maximum Gasteiger partial charge on any atom is 0.223 e. The molecule has 2 aromatic rings. The highest BCUT2D eigenvalue weighted by Gasteiger charge is 2.32. The smallest absolute Gasteiger partial charge is 0.223 e. The highest BCUT2D eigenvalue weighted by molar-refractivity contribution is 5.77. The van der Waals surface area contributed by atoms with Crippen LogP contribution in [0.4, 0.5) is 0 Å². The number of fused-ring (bicyclic) bond motifs is 1. The molecule has 1 aliphatic heterocycles. The van der Waals surface area contributed by atoms with Crippen molar-refractivity contribution >= 4 is 5.91 Å². The van der Waals surface area contributed by atoms with Crippen LogP contribution in [-0.2, 0) is 11.2 Å². The molecule has 0 saturated carbocycles. The summed E-state index contributed by atoms with van der Waals surface area (Å²) in [7, 11) is 4.88. The van der Waals surface area contributed by atoms with E-state index in [-0.39, 0.29) is 11.9 Å². The Morgan fingerprint density at radius 1 is 1.00 bits per heavy atom. The number of nitrogens with zero attached hydrogens (tertiary/aromatic N) is 1. The maximum absolute atomic E-state index is 13.0. The van der Waals surface area contributed by atoms with Gasteiger partial charge in [-0.1, -0.05) is 25.5 Å². The molecule has 6 heteroatoms. The summed E-state index contributed by atoms with van der Waals surface area (Å²) in [5, 5.41) is 0. The van der Waals surface area contributed by atoms with Crippen molar-refractivity contribution in [2.75, 3.05) is 34.5 Å². The third-order valence-corrected chi connectivity index (χ3v) is 5.53. The number of unbranched alkanes of at least 4 members (excludes halogenated alkanes) is 1. The van der Waals surface area contributed by atoms with Crippen molar-refractivity contribution in [1.82, 2.24) is 4.90 Å². The summed E-state index contributed by atoms with van der Waals surface area (Å²) in [6.07, 6.45) is 3.20. The SMILES string of the molecule is CCCCC(=O)N1CCc2cc(OC)c(OC)cc2[C@H]1COc1ccccc1OC. The van der Waals surface area contributed by atoms with E-state index in [9.17, 15) is 4.79 Å². The lowest BCUT2D eigenvalue weighted by atomic mass is 9.91. The summed E-state index contributed by atoms with van der Waals surface area (Å²) in [6.45, 7) is 3.09. The lowest BCUT2D eigenvalue weighted by Crippen LogP contribution is -2.42. The Bertz CT molecular complexity index is 867. The van der Waals surface area contributed by atoms with E-state index in [0.29, 0.717) is 42.6 Å². The molecule has 0 N–H and O–H groups in total. The number of ether oxygens (including phenoxy) is 4. The third kappa shape index (κ3) is 4.64. The van der Waals surface area contributed by atoms with Crippen molar-refractivity contribution in [2.45, 2.75) is 38.6 Å². The predicted octanol–water partition coefficient (Wildman–Crippen LogP) is 4.41. The monoisotopic (exact) mass is 413 g/mol. The first-order valence-corrected chi connectivity index (χ1v) is 10.4.